The average Bonchev–Trinajstić information content (AvgIpc) is 2.26. The summed E-state index contributed by atoms with van der Waals surface area (Å²) in [5, 5.41) is 12.2. The molecule has 6 heteroatoms. The number of nitrogens with two attached hydrogens (primary N) is 1. The van der Waals surface area contributed by atoms with Crippen molar-refractivity contribution in [1.29, 1.82) is 0 Å². The van der Waals surface area contributed by atoms with Crippen LogP contribution >= 0.6 is 0 Å². The number of hydrogen-bond acceptors (Lipinski definition) is 6. The molecule has 1 atom stereocenters. The lowest BCUT2D eigenvalue weighted by molar-refractivity contribution is 0.170. The van der Waals surface area contributed by atoms with E-state index in [4.69, 9.17) is 15.6 Å². The van der Waals surface area contributed by atoms with E-state index in [-0.39, 0.29) is 12.6 Å². The number of anilines is 2. The van der Waals surface area contributed by atoms with Crippen molar-refractivity contribution in [3.63, 3.8) is 0 Å². The van der Waals surface area contributed by atoms with Crippen LogP contribution in [0.2, 0.25) is 0 Å². The highest BCUT2D eigenvalue weighted by Crippen LogP contribution is 2.18. The summed E-state index contributed by atoms with van der Waals surface area (Å²) in [5.41, 5.74) is 6.59. The van der Waals surface area contributed by atoms with Gasteiger partial charge in [-0.15, -0.1) is 0 Å². The van der Waals surface area contributed by atoms with Gasteiger partial charge < -0.3 is 20.9 Å². The van der Waals surface area contributed by atoms with Gasteiger partial charge in [0.2, 0.25) is 0 Å². The second-order valence-corrected chi connectivity index (χ2v) is 3.94. The quantitative estimate of drug-likeness (QED) is 0.670. The third kappa shape index (κ3) is 3.83. The van der Waals surface area contributed by atoms with E-state index < -0.39 is 0 Å². The van der Waals surface area contributed by atoms with Crippen molar-refractivity contribution < 1.29 is 9.84 Å². The Morgan fingerprint density at radius 3 is 2.71 bits per heavy atom. The molecule has 0 radical (unpaired) electrons. The molecule has 0 fully saturated rings. The molecule has 0 bridgehead atoms. The van der Waals surface area contributed by atoms with Gasteiger partial charge in [0, 0.05) is 19.3 Å². The van der Waals surface area contributed by atoms with Crippen molar-refractivity contribution in [1.82, 2.24) is 9.97 Å². The Morgan fingerprint density at radius 2 is 2.12 bits per heavy atom. The van der Waals surface area contributed by atoms with Crippen LogP contribution in [0.1, 0.15) is 17.8 Å². The van der Waals surface area contributed by atoms with E-state index in [0.717, 1.165) is 5.56 Å². The zero-order chi connectivity index (χ0) is 12.8. The van der Waals surface area contributed by atoms with Crippen LogP contribution in [0.25, 0.3) is 0 Å². The molecular formula is C11H20N4O2. The summed E-state index contributed by atoms with van der Waals surface area (Å²) < 4.78 is 5.08. The largest absolute Gasteiger partial charge is 0.396 e. The minimum Gasteiger partial charge on any atom is -0.396 e. The van der Waals surface area contributed by atoms with Gasteiger partial charge in [-0.2, -0.15) is 0 Å². The third-order valence-electron chi connectivity index (χ3n) is 2.48. The molecule has 1 heterocycles. The fraction of sp³-hybridized carbons (Fsp3) is 0.636. The molecule has 0 aliphatic rings. The highest BCUT2D eigenvalue weighted by atomic mass is 16.5. The van der Waals surface area contributed by atoms with Gasteiger partial charge in [0.05, 0.1) is 12.6 Å². The standard InChI is InChI=1S/C11H20N4O2/c1-7-10(12)13-8(2)14-11(7)15-9(4-5-16)6-17-3/h9,16H,4-6H2,1-3H3,(H3,12,13,14,15). The van der Waals surface area contributed by atoms with Crippen molar-refractivity contribution in [2.24, 2.45) is 0 Å². The molecule has 4 N–H and O–H groups in total. The van der Waals surface area contributed by atoms with Crippen LogP contribution in [0.5, 0.6) is 0 Å². The first kappa shape index (κ1) is 13.7. The predicted octanol–water partition coefficient (Wildman–Crippen LogP) is 0.485. The van der Waals surface area contributed by atoms with E-state index >= 15 is 0 Å². The number of nitrogen functional groups attached to an aromatic ring is 1. The summed E-state index contributed by atoms with van der Waals surface area (Å²) in [6, 6.07) is 0.0115. The van der Waals surface area contributed by atoms with Crippen LogP contribution in [-0.4, -0.2) is 41.4 Å². The van der Waals surface area contributed by atoms with Gasteiger partial charge in [0.1, 0.15) is 17.5 Å². The van der Waals surface area contributed by atoms with Gasteiger partial charge >= 0.3 is 0 Å². The van der Waals surface area contributed by atoms with Gasteiger partial charge in [-0.25, -0.2) is 9.97 Å². The number of methoxy groups -OCH3 is 1. The predicted molar refractivity (Wildman–Crippen MR) is 66.9 cm³/mol. The number of nitrogens with one attached hydrogen (secondary N) is 1. The molecule has 0 aromatic carbocycles. The van der Waals surface area contributed by atoms with E-state index in [9.17, 15) is 0 Å². The van der Waals surface area contributed by atoms with E-state index in [1.807, 2.05) is 6.92 Å². The van der Waals surface area contributed by atoms with Crippen molar-refractivity contribution in [3.8, 4) is 0 Å². The molecule has 0 aliphatic heterocycles. The van der Waals surface area contributed by atoms with E-state index in [2.05, 4.69) is 15.3 Å². The minimum atomic E-state index is 0.0115. The first-order valence-electron chi connectivity index (χ1n) is 5.55. The lowest BCUT2D eigenvalue weighted by Gasteiger charge is -2.19. The number of rotatable bonds is 6. The van der Waals surface area contributed by atoms with Gasteiger partial charge in [-0.3, -0.25) is 0 Å². The van der Waals surface area contributed by atoms with Crippen molar-refractivity contribution in [2.75, 3.05) is 31.4 Å². The van der Waals surface area contributed by atoms with Crippen molar-refractivity contribution in [3.05, 3.63) is 11.4 Å². The monoisotopic (exact) mass is 240 g/mol. The summed E-state index contributed by atoms with van der Waals surface area (Å²) in [5.74, 6) is 1.79. The smallest absolute Gasteiger partial charge is 0.135 e. The highest BCUT2D eigenvalue weighted by Gasteiger charge is 2.12. The maximum atomic E-state index is 8.97. The molecule has 0 amide bonds. The molecule has 96 valence electrons. The van der Waals surface area contributed by atoms with Gasteiger partial charge in [0.15, 0.2) is 0 Å². The number of aliphatic hydroxyl groups is 1. The molecule has 1 aromatic heterocycles. The van der Waals surface area contributed by atoms with Crippen LogP contribution in [-0.2, 0) is 4.74 Å². The fourth-order valence-corrected chi connectivity index (χ4v) is 1.54. The molecule has 1 aromatic rings. The maximum Gasteiger partial charge on any atom is 0.135 e. The molecule has 1 rings (SSSR count). The third-order valence-corrected chi connectivity index (χ3v) is 2.48. The summed E-state index contributed by atoms with van der Waals surface area (Å²) >= 11 is 0. The summed E-state index contributed by atoms with van der Waals surface area (Å²) in [6.45, 7) is 4.25. The molecule has 0 spiro atoms. The number of aromatic nitrogens is 2. The molecule has 0 aliphatic carbocycles. The molecule has 1 unspecified atom stereocenters. The average molecular weight is 240 g/mol. The summed E-state index contributed by atoms with van der Waals surface area (Å²) in [7, 11) is 1.62. The number of nitrogens with zero attached hydrogens (tertiary/aromatic N) is 2. The lowest BCUT2D eigenvalue weighted by Crippen LogP contribution is -2.27. The van der Waals surface area contributed by atoms with Crippen LogP contribution in [0.15, 0.2) is 0 Å². The molecular weight excluding hydrogens is 220 g/mol. The highest BCUT2D eigenvalue weighted by molar-refractivity contribution is 5.55. The Morgan fingerprint density at radius 1 is 1.41 bits per heavy atom. The second-order valence-electron chi connectivity index (χ2n) is 3.94. The summed E-state index contributed by atoms with van der Waals surface area (Å²) in [4.78, 5) is 8.38. The zero-order valence-electron chi connectivity index (χ0n) is 10.5. The van der Waals surface area contributed by atoms with E-state index in [0.29, 0.717) is 30.5 Å². The molecule has 0 saturated heterocycles. The number of aliphatic hydroxyl groups excluding tert-OH is 1. The molecule has 17 heavy (non-hydrogen) atoms. The van der Waals surface area contributed by atoms with E-state index in [1.54, 1.807) is 14.0 Å². The van der Waals surface area contributed by atoms with E-state index in [1.165, 1.54) is 0 Å². The van der Waals surface area contributed by atoms with Gasteiger partial charge in [-0.1, -0.05) is 0 Å². The molecule has 0 saturated carbocycles. The number of aryl methyl sites for hydroxylation is 1. The van der Waals surface area contributed by atoms with Crippen LogP contribution in [0, 0.1) is 13.8 Å². The topological polar surface area (TPSA) is 93.3 Å². The maximum absolute atomic E-state index is 8.97. The Bertz CT molecular complexity index is 365. The van der Waals surface area contributed by atoms with Crippen LogP contribution < -0.4 is 11.1 Å². The normalized spacial score (nSPS) is 12.5. The number of ether oxygens (including phenoxy) is 1. The second kappa shape index (κ2) is 6.36. The van der Waals surface area contributed by atoms with Crippen LogP contribution in [0.3, 0.4) is 0 Å². The molecule has 6 nitrogen and oxygen atoms in total. The van der Waals surface area contributed by atoms with Crippen molar-refractivity contribution >= 4 is 11.6 Å². The first-order chi connectivity index (χ1) is 8.08. The Labute approximate surface area is 101 Å². The Hall–Kier alpha value is -1.40. The zero-order valence-corrected chi connectivity index (χ0v) is 10.5. The van der Waals surface area contributed by atoms with Gasteiger partial charge in [-0.05, 0) is 20.3 Å². The Balaban J connectivity index is 2.84. The van der Waals surface area contributed by atoms with Crippen LogP contribution in [0.4, 0.5) is 11.6 Å². The fourth-order valence-electron chi connectivity index (χ4n) is 1.54. The minimum absolute atomic E-state index is 0.0115. The van der Waals surface area contributed by atoms with Gasteiger partial charge in [0.25, 0.3) is 0 Å². The van der Waals surface area contributed by atoms with Crippen molar-refractivity contribution in [2.45, 2.75) is 26.3 Å². The SMILES string of the molecule is COCC(CCO)Nc1nc(C)nc(N)c1C. The first-order valence-corrected chi connectivity index (χ1v) is 5.55. The number of hydrogen-bond donors (Lipinski definition) is 3. The Kier molecular flexibility index (Phi) is 5.11. The lowest BCUT2D eigenvalue weighted by atomic mass is 10.2. The summed E-state index contributed by atoms with van der Waals surface area (Å²) in [6.07, 6.45) is 0.593.